The molecule has 0 atom stereocenters. The fourth-order valence-corrected chi connectivity index (χ4v) is 0.763. The maximum Gasteiger partial charge on any atom is 0.250 e. The topological polar surface area (TPSA) is 89.3 Å². The second-order valence-corrected chi connectivity index (χ2v) is 2.85. The second kappa shape index (κ2) is 6.53. The van der Waals surface area contributed by atoms with Crippen LogP contribution >= 0.6 is 0 Å². The van der Waals surface area contributed by atoms with Gasteiger partial charge in [0.05, 0.1) is 0 Å². The Labute approximate surface area is 88.0 Å². The molecule has 3 amide bonds. The first-order chi connectivity index (χ1) is 6.97. The molecule has 0 spiro atoms. The van der Waals surface area contributed by atoms with E-state index in [1.807, 2.05) is 18.3 Å². The Morgan fingerprint density at radius 2 is 1.87 bits per heavy atom. The Hall–Kier alpha value is -1.91. The molecule has 3 N–H and O–H groups in total. The molecule has 0 unspecified atom stereocenters. The van der Waals surface area contributed by atoms with Crippen molar-refractivity contribution in [2.75, 3.05) is 0 Å². The van der Waals surface area contributed by atoms with Gasteiger partial charge in [0.25, 0.3) is 11.8 Å². The third kappa shape index (κ3) is 6.20. The standard InChI is InChI=1S/C6H11NO.C4H3NO2/c1-3-4-5(2)6(7)8;6-3-1-2-4(7)5-3/h4H,3H2,1-2H3,(H2,7,8);1-2H,(H,5,6,7). The lowest BCUT2D eigenvalue weighted by Crippen LogP contribution is -2.19. The van der Waals surface area contributed by atoms with Crippen molar-refractivity contribution in [2.24, 2.45) is 5.73 Å². The number of allylic oxidation sites excluding steroid dienone is 1. The summed E-state index contributed by atoms with van der Waals surface area (Å²) in [5, 5.41) is 2.03. The molecule has 5 heteroatoms. The Morgan fingerprint density at radius 3 is 2.00 bits per heavy atom. The smallest absolute Gasteiger partial charge is 0.250 e. The molecule has 0 saturated heterocycles. The van der Waals surface area contributed by atoms with Crippen LogP contribution in [0.1, 0.15) is 20.3 Å². The van der Waals surface area contributed by atoms with Gasteiger partial charge < -0.3 is 5.73 Å². The summed E-state index contributed by atoms with van der Waals surface area (Å²) in [7, 11) is 0. The number of nitrogens with one attached hydrogen (secondary N) is 1. The Kier molecular flexibility index (Phi) is 5.70. The van der Waals surface area contributed by atoms with Crippen molar-refractivity contribution < 1.29 is 14.4 Å². The predicted molar refractivity (Wildman–Crippen MR) is 55.5 cm³/mol. The van der Waals surface area contributed by atoms with E-state index in [0.717, 1.165) is 6.42 Å². The number of carbonyl (C=O) groups excluding carboxylic acids is 3. The lowest BCUT2D eigenvalue weighted by Gasteiger charge is -1.88. The van der Waals surface area contributed by atoms with Gasteiger partial charge in [-0.05, 0) is 13.3 Å². The Morgan fingerprint density at radius 1 is 1.40 bits per heavy atom. The molecular formula is C10H14N2O3. The molecule has 0 aromatic heterocycles. The minimum Gasteiger partial charge on any atom is -0.366 e. The van der Waals surface area contributed by atoms with Gasteiger partial charge in [0, 0.05) is 17.7 Å². The zero-order chi connectivity index (χ0) is 11.8. The van der Waals surface area contributed by atoms with Gasteiger partial charge in [-0.1, -0.05) is 13.0 Å². The maximum absolute atomic E-state index is 10.2. The fourth-order valence-electron chi connectivity index (χ4n) is 0.763. The third-order valence-electron chi connectivity index (χ3n) is 1.53. The SMILES string of the molecule is CCC=C(C)C(N)=O.O=C1C=CC(=O)N1. The van der Waals surface area contributed by atoms with Crippen LogP contribution in [0.5, 0.6) is 0 Å². The van der Waals surface area contributed by atoms with E-state index in [1.165, 1.54) is 12.2 Å². The van der Waals surface area contributed by atoms with Crippen molar-refractivity contribution in [3.05, 3.63) is 23.8 Å². The molecule has 5 nitrogen and oxygen atoms in total. The number of primary amides is 1. The van der Waals surface area contributed by atoms with Crippen molar-refractivity contribution in [3.63, 3.8) is 0 Å². The van der Waals surface area contributed by atoms with Gasteiger partial charge in [0.15, 0.2) is 0 Å². The number of amides is 3. The lowest BCUT2D eigenvalue weighted by atomic mass is 10.2. The van der Waals surface area contributed by atoms with Gasteiger partial charge in [-0.3, -0.25) is 19.7 Å². The summed E-state index contributed by atoms with van der Waals surface area (Å²) in [5.41, 5.74) is 5.56. The first-order valence-electron chi connectivity index (χ1n) is 4.47. The van der Waals surface area contributed by atoms with Gasteiger partial charge in [0.1, 0.15) is 0 Å². The van der Waals surface area contributed by atoms with Crippen LogP contribution in [0.4, 0.5) is 0 Å². The summed E-state index contributed by atoms with van der Waals surface area (Å²) in [5.74, 6) is -0.984. The van der Waals surface area contributed by atoms with Crippen LogP contribution in [-0.2, 0) is 14.4 Å². The van der Waals surface area contributed by atoms with Crippen LogP contribution in [0.2, 0.25) is 0 Å². The van der Waals surface area contributed by atoms with E-state index in [0.29, 0.717) is 5.57 Å². The highest BCUT2D eigenvalue weighted by Crippen LogP contribution is 1.91. The molecule has 0 aromatic carbocycles. The highest BCUT2D eigenvalue weighted by molar-refractivity contribution is 6.12. The molecule has 15 heavy (non-hydrogen) atoms. The number of rotatable bonds is 2. The number of nitrogens with two attached hydrogens (primary N) is 1. The first kappa shape index (κ1) is 13.1. The van der Waals surface area contributed by atoms with E-state index in [1.54, 1.807) is 6.92 Å². The van der Waals surface area contributed by atoms with Crippen LogP contribution < -0.4 is 11.1 Å². The van der Waals surface area contributed by atoms with E-state index in [2.05, 4.69) is 0 Å². The molecule has 0 saturated carbocycles. The quantitative estimate of drug-likeness (QED) is 0.497. The van der Waals surface area contributed by atoms with E-state index in [9.17, 15) is 14.4 Å². The minimum atomic E-state index is -0.329. The maximum atomic E-state index is 10.2. The molecule has 0 radical (unpaired) electrons. The largest absolute Gasteiger partial charge is 0.366 e. The lowest BCUT2D eigenvalue weighted by molar-refractivity contribution is -0.123. The molecular weight excluding hydrogens is 196 g/mol. The van der Waals surface area contributed by atoms with Crippen LogP contribution in [0, 0.1) is 0 Å². The molecule has 0 bridgehead atoms. The second-order valence-electron chi connectivity index (χ2n) is 2.85. The van der Waals surface area contributed by atoms with Gasteiger partial charge in [-0.2, -0.15) is 0 Å². The molecule has 0 aromatic rings. The van der Waals surface area contributed by atoms with E-state index in [-0.39, 0.29) is 17.7 Å². The van der Waals surface area contributed by atoms with Gasteiger partial charge in [-0.15, -0.1) is 0 Å². The number of imide groups is 1. The monoisotopic (exact) mass is 210 g/mol. The number of carbonyl (C=O) groups is 3. The molecule has 82 valence electrons. The highest BCUT2D eigenvalue weighted by Gasteiger charge is 2.06. The van der Waals surface area contributed by atoms with E-state index in [4.69, 9.17) is 5.73 Å². The molecule has 1 aliphatic heterocycles. The molecule has 1 heterocycles. The summed E-state index contributed by atoms with van der Waals surface area (Å²) in [6, 6.07) is 0. The van der Waals surface area contributed by atoms with Crippen molar-refractivity contribution in [1.29, 1.82) is 0 Å². The van der Waals surface area contributed by atoms with Crippen LogP contribution in [0.25, 0.3) is 0 Å². The van der Waals surface area contributed by atoms with Gasteiger partial charge in [0.2, 0.25) is 5.91 Å². The van der Waals surface area contributed by atoms with Crippen LogP contribution in [0.15, 0.2) is 23.8 Å². The normalized spacial score (nSPS) is 14.4. The number of hydrogen-bond donors (Lipinski definition) is 2. The minimum absolute atomic E-state index is 0.327. The Balaban J connectivity index is 0.000000262. The third-order valence-corrected chi connectivity index (χ3v) is 1.53. The van der Waals surface area contributed by atoms with Crippen molar-refractivity contribution in [2.45, 2.75) is 20.3 Å². The summed E-state index contributed by atoms with van der Waals surface area (Å²) in [4.78, 5) is 30.3. The van der Waals surface area contributed by atoms with Gasteiger partial charge >= 0.3 is 0 Å². The highest BCUT2D eigenvalue weighted by atomic mass is 16.2. The van der Waals surface area contributed by atoms with Gasteiger partial charge in [-0.25, -0.2) is 0 Å². The Bertz CT molecular complexity index is 314. The number of hydrogen-bond acceptors (Lipinski definition) is 3. The molecule has 1 aliphatic rings. The molecule has 0 fully saturated rings. The first-order valence-corrected chi connectivity index (χ1v) is 4.47. The molecule has 1 rings (SSSR count). The summed E-state index contributed by atoms with van der Waals surface area (Å²) in [6.45, 7) is 3.68. The van der Waals surface area contributed by atoms with E-state index < -0.39 is 0 Å². The van der Waals surface area contributed by atoms with Crippen molar-refractivity contribution >= 4 is 17.7 Å². The molecule has 0 aliphatic carbocycles. The van der Waals surface area contributed by atoms with Crippen LogP contribution in [0.3, 0.4) is 0 Å². The summed E-state index contributed by atoms with van der Waals surface area (Å²) in [6.07, 6.45) is 5.07. The average molecular weight is 210 g/mol. The van der Waals surface area contributed by atoms with Crippen molar-refractivity contribution in [3.8, 4) is 0 Å². The zero-order valence-electron chi connectivity index (χ0n) is 8.74. The van der Waals surface area contributed by atoms with E-state index >= 15 is 0 Å². The average Bonchev–Trinajstić information content (AvgIpc) is 2.51. The fraction of sp³-hybridized carbons (Fsp3) is 0.300. The van der Waals surface area contributed by atoms with Crippen molar-refractivity contribution in [1.82, 2.24) is 5.32 Å². The summed E-state index contributed by atoms with van der Waals surface area (Å²) < 4.78 is 0. The summed E-state index contributed by atoms with van der Waals surface area (Å²) >= 11 is 0. The van der Waals surface area contributed by atoms with Crippen LogP contribution in [-0.4, -0.2) is 17.7 Å². The zero-order valence-corrected chi connectivity index (χ0v) is 8.74. The predicted octanol–water partition coefficient (Wildman–Crippen LogP) is 0.0270.